The first kappa shape index (κ1) is 11.1. The van der Waals surface area contributed by atoms with Gasteiger partial charge in [-0.05, 0) is 0 Å². The van der Waals surface area contributed by atoms with E-state index in [1.165, 1.54) is 0 Å². The maximum atomic E-state index is 11.5. The zero-order valence-corrected chi connectivity index (χ0v) is 11.3. The van der Waals surface area contributed by atoms with Crippen LogP contribution >= 0.6 is 11.6 Å². The van der Waals surface area contributed by atoms with Gasteiger partial charge in [-0.25, -0.2) is 0 Å². The van der Waals surface area contributed by atoms with Crippen LogP contribution in [0.4, 0.5) is 0 Å². The number of carbonyl (C=O) groups excluding carboxylic acids is 1. The van der Waals surface area contributed by atoms with Gasteiger partial charge in [0.15, 0.2) is 0 Å². The number of hydrogen-bond acceptors (Lipinski definition) is 2. The molecule has 1 unspecified atom stereocenters. The van der Waals surface area contributed by atoms with E-state index in [9.17, 15) is 4.79 Å². The van der Waals surface area contributed by atoms with Crippen molar-refractivity contribution in [1.82, 2.24) is 0 Å². The van der Waals surface area contributed by atoms with Gasteiger partial charge in [0.25, 0.3) is 0 Å². The van der Waals surface area contributed by atoms with E-state index in [-0.39, 0.29) is 5.78 Å². The second-order valence-corrected chi connectivity index (χ2v) is 15.1. The molecule has 0 saturated heterocycles. The third-order valence-corrected chi connectivity index (χ3v) is 6.58. The SMILES string of the molecule is CCOC1=[C]([Ge]([CH3])([CH3])[CH3])C(=O)C1Cl. The fraction of sp³-hybridized carbons (Fsp3) is 0.667. The zero-order chi connectivity index (χ0) is 10.2. The normalized spacial score (nSPS) is 23.2. The van der Waals surface area contributed by atoms with Gasteiger partial charge in [-0.2, -0.15) is 0 Å². The van der Waals surface area contributed by atoms with Crippen LogP contribution in [-0.4, -0.2) is 31.0 Å². The minimum atomic E-state index is -2.05. The fourth-order valence-corrected chi connectivity index (χ4v) is 5.98. The molecular formula is C9H15ClGeO2. The molecule has 0 aliphatic heterocycles. The van der Waals surface area contributed by atoms with E-state index >= 15 is 0 Å². The molecule has 13 heavy (non-hydrogen) atoms. The van der Waals surface area contributed by atoms with Gasteiger partial charge in [0.1, 0.15) is 0 Å². The minimum absolute atomic E-state index is 0.0950. The number of rotatable bonds is 3. The molecule has 2 nitrogen and oxygen atoms in total. The van der Waals surface area contributed by atoms with Crippen LogP contribution in [0.1, 0.15) is 6.92 Å². The first-order valence-electron chi connectivity index (χ1n) is 4.45. The van der Waals surface area contributed by atoms with Crippen LogP contribution in [-0.2, 0) is 9.53 Å². The quantitative estimate of drug-likeness (QED) is 0.577. The van der Waals surface area contributed by atoms with Crippen LogP contribution in [0.15, 0.2) is 10.2 Å². The summed E-state index contributed by atoms with van der Waals surface area (Å²) in [4.78, 5) is 11.5. The predicted molar refractivity (Wildman–Crippen MR) is 56.6 cm³/mol. The average molecular weight is 263 g/mol. The number of halogens is 1. The van der Waals surface area contributed by atoms with Crippen molar-refractivity contribution in [1.29, 1.82) is 0 Å². The number of allylic oxidation sites excluding steroid dienone is 2. The van der Waals surface area contributed by atoms with Gasteiger partial charge in [-0.3, -0.25) is 0 Å². The molecule has 1 atom stereocenters. The Hall–Kier alpha value is 0.0429. The first-order valence-corrected chi connectivity index (χ1v) is 12.2. The van der Waals surface area contributed by atoms with Crippen molar-refractivity contribution in [3.63, 3.8) is 0 Å². The first-order chi connectivity index (χ1) is 5.89. The van der Waals surface area contributed by atoms with Crippen molar-refractivity contribution in [3.8, 4) is 0 Å². The van der Waals surface area contributed by atoms with Crippen molar-refractivity contribution in [3.05, 3.63) is 10.2 Å². The molecule has 4 heteroatoms. The molecular weight excluding hydrogens is 248 g/mol. The van der Waals surface area contributed by atoms with Gasteiger partial charge in [-0.1, -0.05) is 0 Å². The van der Waals surface area contributed by atoms with E-state index in [1.807, 2.05) is 6.92 Å². The van der Waals surface area contributed by atoms with Gasteiger partial charge in [0, 0.05) is 0 Å². The van der Waals surface area contributed by atoms with Crippen molar-refractivity contribution in [2.45, 2.75) is 29.6 Å². The van der Waals surface area contributed by atoms with Crippen molar-refractivity contribution >= 4 is 30.7 Å². The second kappa shape index (κ2) is 3.66. The third kappa shape index (κ3) is 1.94. The summed E-state index contributed by atoms with van der Waals surface area (Å²) in [5.41, 5.74) is 0. The molecule has 0 spiro atoms. The van der Waals surface area contributed by atoms with Crippen LogP contribution in [0.3, 0.4) is 0 Å². The Labute approximate surface area is 86.6 Å². The van der Waals surface area contributed by atoms with Crippen LogP contribution in [0.5, 0.6) is 0 Å². The molecule has 1 aliphatic rings. The van der Waals surface area contributed by atoms with Crippen molar-refractivity contribution in [2.24, 2.45) is 0 Å². The molecule has 1 rings (SSSR count). The molecule has 0 bridgehead atoms. The van der Waals surface area contributed by atoms with Crippen LogP contribution in [0.2, 0.25) is 17.3 Å². The van der Waals surface area contributed by atoms with E-state index in [0.29, 0.717) is 6.61 Å². The third-order valence-electron chi connectivity index (χ3n) is 2.00. The molecule has 0 heterocycles. The molecule has 0 aromatic carbocycles. The number of hydrogen-bond donors (Lipinski definition) is 0. The summed E-state index contributed by atoms with van der Waals surface area (Å²) >= 11 is 3.79. The fourth-order valence-electron chi connectivity index (χ4n) is 1.46. The Balaban J connectivity index is 2.97. The summed E-state index contributed by atoms with van der Waals surface area (Å²) in [6.07, 6.45) is 0. The van der Waals surface area contributed by atoms with Crippen LogP contribution in [0.25, 0.3) is 0 Å². The summed E-state index contributed by atoms with van der Waals surface area (Å²) in [6, 6.07) is 0. The molecule has 0 amide bonds. The van der Waals surface area contributed by atoms with Crippen LogP contribution in [0, 0.1) is 0 Å². The number of ether oxygens (including phenoxy) is 1. The summed E-state index contributed by atoms with van der Waals surface area (Å²) in [6.45, 7) is 2.50. The molecule has 0 aromatic rings. The van der Waals surface area contributed by atoms with E-state index in [1.54, 1.807) is 0 Å². The monoisotopic (exact) mass is 264 g/mol. The topological polar surface area (TPSA) is 26.3 Å². The number of alkyl halides is 1. The molecule has 1 aliphatic carbocycles. The number of Topliss-reactive ketones (excluding diaryl/α,β-unsaturated/α-hetero) is 1. The van der Waals surface area contributed by atoms with Crippen molar-refractivity contribution < 1.29 is 9.53 Å². The molecule has 74 valence electrons. The average Bonchev–Trinajstić information content (AvgIpc) is 2.01. The van der Waals surface area contributed by atoms with Gasteiger partial charge in [0.2, 0.25) is 0 Å². The van der Waals surface area contributed by atoms with Gasteiger partial charge >= 0.3 is 86.5 Å². The maximum absolute atomic E-state index is 11.5. The molecule has 0 radical (unpaired) electrons. The number of carbonyl (C=O) groups is 1. The Morgan fingerprint density at radius 3 is 2.38 bits per heavy atom. The second-order valence-electron chi connectivity index (χ2n) is 4.15. The predicted octanol–water partition coefficient (Wildman–Crippen LogP) is 2.34. The Bertz CT molecular complexity index is 265. The molecule has 0 aromatic heterocycles. The van der Waals surface area contributed by atoms with E-state index in [2.05, 4.69) is 17.3 Å². The van der Waals surface area contributed by atoms with Gasteiger partial charge in [-0.15, -0.1) is 0 Å². The summed E-state index contributed by atoms with van der Waals surface area (Å²) in [5, 5.41) is -0.500. The van der Waals surface area contributed by atoms with Crippen LogP contribution < -0.4 is 0 Å². The van der Waals surface area contributed by atoms with E-state index < -0.39 is 18.6 Å². The summed E-state index contributed by atoms with van der Waals surface area (Å²) < 4.78 is 6.31. The molecule has 0 fully saturated rings. The Kier molecular flexibility index (Phi) is 3.13. The van der Waals surface area contributed by atoms with E-state index in [0.717, 1.165) is 10.2 Å². The van der Waals surface area contributed by atoms with Crippen molar-refractivity contribution in [2.75, 3.05) is 6.61 Å². The van der Waals surface area contributed by atoms with Gasteiger partial charge < -0.3 is 0 Å². The van der Waals surface area contributed by atoms with E-state index in [4.69, 9.17) is 16.3 Å². The Morgan fingerprint density at radius 2 is 2.00 bits per heavy atom. The van der Waals surface area contributed by atoms with Gasteiger partial charge in [0.05, 0.1) is 0 Å². The molecule has 0 N–H and O–H groups in total. The zero-order valence-electron chi connectivity index (χ0n) is 8.48. The molecule has 0 saturated carbocycles. The Morgan fingerprint density at radius 1 is 1.46 bits per heavy atom. The number of ketones is 1. The summed E-state index contributed by atoms with van der Waals surface area (Å²) in [5.74, 6) is 7.37. The standard InChI is InChI=1S/C9H15ClGeO2/c1-5-13-9-6(10)8(12)7(9)11(2,3)4/h6H,5H2,1-4H3. The summed E-state index contributed by atoms with van der Waals surface area (Å²) in [7, 11) is 0.